The van der Waals surface area contributed by atoms with Crippen LogP contribution in [0.5, 0.6) is 0 Å². The van der Waals surface area contributed by atoms with Gasteiger partial charge < -0.3 is 14.5 Å². The molecule has 2 amide bonds. The van der Waals surface area contributed by atoms with E-state index in [1.807, 2.05) is 24.3 Å². The van der Waals surface area contributed by atoms with Gasteiger partial charge in [0.05, 0.1) is 18.8 Å². The van der Waals surface area contributed by atoms with Crippen LogP contribution in [0.25, 0.3) is 0 Å². The van der Waals surface area contributed by atoms with Crippen molar-refractivity contribution in [2.45, 2.75) is 19.3 Å². The molecule has 170 valence electrons. The molecule has 10 heteroatoms. The molecular formula is C23H21ClFN5O3. The third-order valence-corrected chi connectivity index (χ3v) is 6.24. The van der Waals surface area contributed by atoms with Crippen molar-refractivity contribution < 1.29 is 18.7 Å². The van der Waals surface area contributed by atoms with Gasteiger partial charge in [-0.15, -0.1) is 5.10 Å². The molecule has 1 aromatic heterocycles. The molecule has 1 fully saturated rings. The van der Waals surface area contributed by atoms with Crippen molar-refractivity contribution in [3.8, 4) is 0 Å². The van der Waals surface area contributed by atoms with Crippen molar-refractivity contribution in [1.82, 2.24) is 24.8 Å². The number of ether oxygens (including phenoxy) is 1. The van der Waals surface area contributed by atoms with Crippen molar-refractivity contribution in [3.63, 3.8) is 0 Å². The first-order valence-corrected chi connectivity index (χ1v) is 11.0. The second kappa shape index (κ2) is 8.92. The van der Waals surface area contributed by atoms with E-state index in [1.165, 1.54) is 24.3 Å². The molecule has 2 aliphatic rings. The van der Waals surface area contributed by atoms with Crippen LogP contribution in [0.15, 0.2) is 48.5 Å². The number of amides is 2. The molecule has 0 saturated carbocycles. The molecule has 0 radical (unpaired) electrons. The summed E-state index contributed by atoms with van der Waals surface area (Å²) in [5.74, 6) is -0.786. The molecule has 0 unspecified atom stereocenters. The van der Waals surface area contributed by atoms with E-state index in [0.29, 0.717) is 49.0 Å². The fraction of sp³-hybridized carbons (Fsp3) is 0.304. The highest BCUT2D eigenvalue weighted by atomic mass is 35.5. The Bertz CT molecular complexity index is 1170. The first kappa shape index (κ1) is 21.5. The van der Waals surface area contributed by atoms with Crippen LogP contribution < -0.4 is 0 Å². The highest BCUT2D eigenvalue weighted by Gasteiger charge is 2.32. The molecule has 0 spiro atoms. The minimum absolute atomic E-state index is 0.176. The second-order valence-electron chi connectivity index (χ2n) is 8.01. The molecule has 1 atom stereocenters. The van der Waals surface area contributed by atoms with Gasteiger partial charge >= 0.3 is 0 Å². The number of hydrogen-bond donors (Lipinski definition) is 0. The fourth-order valence-corrected chi connectivity index (χ4v) is 4.22. The number of benzene rings is 2. The maximum atomic E-state index is 13.1. The third-order valence-electron chi connectivity index (χ3n) is 5.99. The van der Waals surface area contributed by atoms with E-state index < -0.39 is 0 Å². The summed E-state index contributed by atoms with van der Waals surface area (Å²) in [4.78, 5) is 29.1. The summed E-state index contributed by atoms with van der Waals surface area (Å²) in [6.45, 7) is 2.22. The Morgan fingerprint density at radius 3 is 2.24 bits per heavy atom. The molecule has 8 nitrogen and oxygen atoms in total. The number of rotatable bonds is 3. The lowest BCUT2D eigenvalue weighted by molar-refractivity contribution is -0.00202. The van der Waals surface area contributed by atoms with Crippen LogP contribution in [0.2, 0.25) is 5.02 Å². The van der Waals surface area contributed by atoms with Crippen LogP contribution in [0.3, 0.4) is 0 Å². The largest absolute Gasteiger partial charge is 0.365 e. The molecule has 3 heterocycles. The van der Waals surface area contributed by atoms with Gasteiger partial charge in [0.1, 0.15) is 11.9 Å². The Labute approximate surface area is 194 Å². The molecular weight excluding hydrogens is 449 g/mol. The van der Waals surface area contributed by atoms with Crippen molar-refractivity contribution in [2.24, 2.45) is 0 Å². The van der Waals surface area contributed by atoms with E-state index in [4.69, 9.17) is 16.3 Å². The molecule has 1 saturated heterocycles. The normalized spacial score (nSPS) is 18.2. The molecule has 2 aromatic carbocycles. The summed E-state index contributed by atoms with van der Waals surface area (Å²) < 4.78 is 20.8. The Kier molecular flexibility index (Phi) is 5.82. The lowest BCUT2D eigenvalue weighted by Gasteiger charge is -2.34. The van der Waals surface area contributed by atoms with E-state index in [9.17, 15) is 14.0 Å². The molecule has 2 aliphatic heterocycles. The summed E-state index contributed by atoms with van der Waals surface area (Å²) in [7, 11) is 0. The van der Waals surface area contributed by atoms with E-state index >= 15 is 0 Å². The van der Waals surface area contributed by atoms with Gasteiger partial charge in [0.2, 0.25) is 0 Å². The molecule has 33 heavy (non-hydrogen) atoms. The maximum absolute atomic E-state index is 13.1. The summed E-state index contributed by atoms with van der Waals surface area (Å²) in [5.41, 5.74) is 2.34. The van der Waals surface area contributed by atoms with Gasteiger partial charge in [-0.2, -0.15) is 0 Å². The zero-order valence-corrected chi connectivity index (χ0v) is 18.4. The Balaban J connectivity index is 1.22. The number of piperazine rings is 1. The van der Waals surface area contributed by atoms with Crippen LogP contribution in [0.1, 0.15) is 38.2 Å². The van der Waals surface area contributed by atoms with E-state index in [-0.39, 0.29) is 36.0 Å². The lowest BCUT2D eigenvalue weighted by Crippen LogP contribution is -2.50. The van der Waals surface area contributed by atoms with Crippen LogP contribution in [0.4, 0.5) is 4.39 Å². The van der Waals surface area contributed by atoms with Gasteiger partial charge in [0.15, 0.2) is 5.69 Å². The number of fused-ring (bicyclic) bond motifs is 1. The van der Waals surface area contributed by atoms with Crippen LogP contribution in [-0.4, -0.2) is 62.8 Å². The number of nitrogens with zero attached hydrogens (tertiary/aromatic N) is 5. The molecule has 0 aliphatic carbocycles. The number of hydrogen-bond acceptors (Lipinski definition) is 5. The summed E-state index contributed by atoms with van der Waals surface area (Å²) in [6, 6.07) is 12.9. The number of carbonyl (C=O) groups excluding carboxylic acids is 2. The minimum Gasteiger partial charge on any atom is -0.365 e. The summed E-state index contributed by atoms with van der Waals surface area (Å²) >= 11 is 5.96. The Hall–Kier alpha value is -3.30. The van der Waals surface area contributed by atoms with Crippen molar-refractivity contribution in [2.75, 3.05) is 26.2 Å². The maximum Gasteiger partial charge on any atom is 0.276 e. The Morgan fingerprint density at radius 1 is 0.939 bits per heavy atom. The van der Waals surface area contributed by atoms with Gasteiger partial charge in [0.25, 0.3) is 11.8 Å². The van der Waals surface area contributed by atoms with Crippen molar-refractivity contribution in [1.29, 1.82) is 0 Å². The van der Waals surface area contributed by atoms with E-state index in [2.05, 4.69) is 10.3 Å². The Morgan fingerprint density at radius 2 is 1.58 bits per heavy atom. The van der Waals surface area contributed by atoms with E-state index in [0.717, 1.165) is 5.56 Å². The molecule has 3 aromatic rings. The zero-order chi connectivity index (χ0) is 22.9. The smallest absolute Gasteiger partial charge is 0.276 e. The minimum atomic E-state index is -0.387. The van der Waals surface area contributed by atoms with Crippen LogP contribution in [0, 0.1) is 5.82 Å². The molecule has 0 bridgehead atoms. The highest BCUT2D eigenvalue weighted by Crippen LogP contribution is 2.28. The van der Waals surface area contributed by atoms with Gasteiger partial charge in [0, 0.05) is 36.8 Å². The zero-order valence-electron chi connectivity index (χ0n) is 17.7. The quantitative estimate of drug-likeness (QED) is 0.589. The van der Waals surface area contributed by atoms with Crippen LogP contribution in [-0.2, 0) is 17.9 Å². The van der Waals surface area contributed by atoms with Gasteiger partial charge in [-0.05, 0) is 42.0 Å². The monoisotopic (exact) mass is 469 g/mol. The van der Waals surface area contributed by atoms with Gasteiger partial charge in [-0.3, -0.25) is 9.59 Å². The number of carbonyl (C=O) groups is 2. The first-order valence-electron chi connectivity index (χ1n) is 10.6. The first-order chi connectivity index (χ1) is 16.0. The molecule has 5 rings (SSSR count). The fourth-order valence-electron chi connectivity index (χ4n) is 4.09. The SMILES string of the molecule is O=C(c1ccc(F)cc1)N1CCN(C(=O)c2nnn3c2CO[C@H](c2ccc(Cl)cc2)C3)CC1. The highest BCUT2D eigenvalue weighted by molar-refractivity contribution is 6.30. The molecule has 0 N–H and O–H groups in total. The summed E-state index contributed by atoms with van der Waals surface area (Å²) in [6.07, 6.45) is -0.194. The summed E-state index contributed by atoms with van der Waals surface area (Å²) in [5, 5.41) is 8.96. The van der Waals surface area contributed by atoms with E-state index in [1.54, 1.807) is 14.5 Å². The third kappa shape index (κ3) is 4.34. The predicted molar refractivity (Wildman–Crippen MR) is 117 cm³/mol. The lowest BCUT2D eigenvalue weighted by atomic mass is 10.1. The topological polar surface area (TPSA) is 80.6 Å². The second-order valence-corrected chi connectivity index (χ2v) is 8.45. The van der Waals surface area contributed by atoms with Gasteiger partial charge in [-0.1, -0.05) is 28.9 Å². The predicted octanol–water partition coefficient (Wildman–Crippen LogP) is 2.94. The average Bonchev–Trinajstić information content (AvgIpc) is 3.27. The van der Waals surface area contributed by atoms with Crippen LogP contribution >= 0.6 is 11.6 Å². The number of aromatic nitrogens is 3. The van der Waals surface area contributed by atoms with Gasteiger partial charge in [-0.25, -0.2) is 9.07 Å². The van der Waals surface area contributed by atoms with Crippen molar-refractivity contribution >= 4 is 23.4 Å². The standard InChI is InChI=1S/C23H21ClFN5O3/c24-17-5-1-15(2-6-17)20-13-30-19(14-33-20)21(26-27-30)23(32)29-11-9-28(10-12-29)22(31)16-3-7-18(25)8-4-16/h1-8,20H,9-14H2/t20-/m0/s1. The average molecular weight is 470 g/mol. The van der Waals surface area contributed by atoms with Crippen molar-refractivity contribution in [3.05, 3.63) is 81.9 Å². The number of halogens is 2.